The van der Waals surface area contributed by atoms with E-state index in [0.717, 1.165) is 18.9 Å². The Bertz CT molecular complexity index is 1880. The number of nitrogens with one attached hydrogen (secondary N) is 2. The quantitative estimate of drug-likeness (QED) is 0.246. The molecule has 0 unspecified atom stereocenters. The van der Waals surface area contributed by atoms with E-state index in [0.29, 0.717) is 28.6 Å². The lowest BCUT2D eigenvalue weighted by atomic mass is 10.2. The molecule has 0 radical (unpaired) electrons. The highest BCUT2D eigenvalue weighted by Gasteiger charge is 2.30. The van der Waals surface area contributed by atoms with Crippen molar-refractivity contribution in [3.8, 4) is 17.2 Å². The van der Waals surface area contributed by atoms with Gasteiger partial charge in [-0.3, -0.25) is 19.0 Å². The third kappa shape index (κ3) is 5.86. The molecule has 2 N–H and O–H groups in total. The summed E-state index contributed by atoms with van der Waals surface area (Å²) in [7, 11) is 0. The summed E-state index contributed by atoms with van der Waals surface area (Å²) in [4.78, 5) is 42.4. The molecule has 2 amide bonds. The maximum atomic E-state index is 14.9. The lowest BCUT2D eigenvalue weighted by molar-refractivity contribution is -0.117. The van der Waals surface area contributed by atoms with E-state index in [-0.39, 0.29) is 41.2 Å². The molecule has 1 saturated carbocycles. The number of halogens is 3. The van der Waals surface area contributed by atoms with E-state index in [4.69, 9.17) is 4.74 Å². The Hall–Kier alpha value is -5.03. The third-order valence-corrected chi connectivity index (χ3v) is 6.65. The number of imidazole rings is 1. The van der Waals surface area contributed by atoms with Crippen molar-refractivity contribution in [3.05, 3.63) is 112 Å². The summed E-state index contributed by atoms with van der Waals surface area (Å²) >= 11 is 0. The Morgan fingerprint density at radius 1 is 0.952 bits per heavy atom. The number of rotatable bonds is 7. The van der Waals surface area contributed by atoms with E-state index in [2.05, 4.69) is 15.6 Å². The smallest absolute Gasteiger partial charge is 0.268 e. The molecule has 6 rings (SSSR count). The van der Waals surface area contributed by atoms with Crippen molar-refractivity contribution in [1.29, 1.82) is 0 Å². The maximum Gasteiger partial charge on any atom is 0.268 e. The topological polar surface area (TPSA) is 107 Å². The first kappa shape index (κ1) is 28.5. The molecule has 2 aromatic carbocycles. The third-order valence-electron chi connectivity index (χ3n) is 6.65. The van der Waals surface area contributed by atoms with Gasteiger partial charge in [0.2, 0.25) is 5.91 Å². The molecule has 3 heterocycles. The number of carbonyl (C=O) groups is 2. The van der Waals surface area contributed by atoms with E-state index in [1.165, 1.54) is 47.0 Å². The first-order valence-corrected chi connectivity index (χ1v) is 12.8. The van der Waals surface area contributed by atoms with Gasteiger partial charge < -0.3 is 19.8 Å². The van der Waals surface area contributed by atoms with Crippen molar-refractivity contribution < 1.29 is 23.1 Å². The second kappa shape index (κ2) is 11.5. The van der Waals surface area contributed by atoms with E-state index < -0.39 is 23.1 Å². The van der Waals surface area contributed by atoms with Gasteiger partial charge in [0.25, 0.3) is 11.5 Å². The van der Waals surface area contributed by atoms with Gasteiger partial charge in [-0.05, 0) is 80.4 Å². The number of hydrogen-bond donors (Lipinski definition) is 2. The average Bonchev–Trinajstić information content (AvgIpc) is 3.72. The predicted octanol–water partition coefficient (Wildman–Crippen LogP) is 5.89. The Balaban J connectivity index is 0.00000353. The molecule has 214 valence electrons. The molecule has 0 saturated heterocycles. The highest BCUT2D eigenvalue weighted by atomic mass is 35.5. The van der Waals surface area contributed by atoms with Gasteiger partial charge in [0, 0.05) is 29.1 Å². The summed E-state index contributed by atoms with van der Waals surface area (Å²) in [5, 5.41) is 5.32. The number of nitrogens with zero attached hydrogens (tertiary/aromatic N) is 3. The number of fused-ring (bicyclic) bond motifs is 1. The van der Waals surface area contributed by atoms with E-state index >= 15 is 0 Å². The standard InChI is InChI=1S/C30H23F2N5O4.ClH/c1-17-2-11-23(30(40)37(17)21-8-5-19(31)6-9-21)29(39)33-20-7-12-25(24(32)14-20)41-22-10-13-27-34-26(16-36(27)15-22)35-28(38)18-3-4-18;/h2,5-16,18H,3-4H2,1H3,(H,33,39)(H,35,38);1H. The number of anilines is 2. The lowest BCUT2D eigenvalue weighted by Crippen LogP contribution is -2.29. The number of ether oxygens (including phenoxy) is 1. The number of benzene rings is 2. The molecular formula is C30H24ClF2N5O4. The highest BCUT2D eigenvalue weighted by Crippen LogP contribution is 2.31. The first-order valence-electron chi connectivity index (χ1n) is 12.8. The fourth-order valence-corrected chi connectivity index (χ4v) is 4.37. The van der Waals surface area contributed by atoms with Crippen LogP contribution in [0.25, 0.3) is 11.3 Å². The van der Waals surface area contributed by atoms with E-state index in [1.54, 1.807) is 41.9 Å². The fourth-order valence-electron chi connectivity index (χ4n) is 4.37. The van der Waals surface area contributed by atoms with E-state index in [9.17, 15) is 23.2 Å². The summed E-state index contributed by atoms with van der Waals surface area (Å²) in [5.74, 6) is -1.26. The molecule has 1 aliphatic carbocycles. The van der Waals surface area contributed by atoms with Gasteiger partial charge in [0.15, 0.2) is 17.4 Å². The zero-order valence-electron chi connectivity index (χ0n) is 22.1. The minimum absolute atomic E-state index is 0. The summed E-state index contributed by atoms with van der Waals surface area (Å²) in [5.41, 5.74) is 0.899. The minimum atomic E-state index is -0.737. The number of aromatic nitrogens is 3. The van der Waals surface area contributed by atoms with Crippen molar-refractivity contribution in [2.24, 2.45) is 5.92 Å². The van der Waals surface area contributed by atoms with Gasteiger partial charge in [-0.2, -0.15) is 0 Å². The van der Waals surface area contributed by atoms with Crippen molar-refractivity contribution in [1.82, 2.24) is 14.0 Å². The predicted molar refractivity (Wildman–Crippen MR) is 155 cm³/mol. The Morgan fingerprint density at radius 2 is 1.71 bits per heavy atom. The lowest BCUT2D eigenvalue weighted by Gasteiger charge is -2.13. The Kier molecular flexibility index (Phi) is 7.77. The molecule has 0 atom stereocenters. The number of hydrogen-bond acceptors (Lipinski definition) is 5. The van der Waals surface area contributed by atoms with Gasteiger partial charge in [-0.1, -0.05) is 0 Å². The van der Waals surface area contributed by atoms with Crippen LogP contribution >= 0.6 is 12.4 Å². The van der Waals surface area contributed by atoms with Crippen LogP contribution in [0.4, 0.5) is 20.3 Å². The monoisotopic (exact) mass is 591 g/mol. The van der Waals surface area contributed by atoms with Gasteiger partial charge >= 0.3 is 0 Å². The molecule has 3 aromatic heterocycles. The second-order valence-corrected chi connectivity index (χ2v) is 9.73. The zero-order chi connectivity index (χ0) is 28.7. The van der Waals surface area contributed by atoms with Crippen molar-refractivity contribution in [2.45, 2.75) is 19.8 Å². The van der Waals surface area contributed by atoms with Crippen LogP contribution in [0.2, 0.25) is 0 Å². The number of amides is 2. The van der Waals surface area contributed by atoms with Crippen LogP contribution in [-0.2, 0) is 4.79 Å². The van der Waals surface area contributed by atoms with Crippen LogP contribution in [0.1, 0.15) is 28.9 Å². The number of aryl methyl sites for hydroxylation is 1. The fraction of sp³-hybridized carbons (Fsp3) is 0.133. The zero-order valence-corrected chi connectivity index (χ0v) is 23.0. The molecule has 0 spiro atoms. The summed E-state index contributed by atoms with van der Waals surface area (Å²) < 4.78 is 37.0. The van der Waals surface area contributed by atoms with Gasteiger partial charge in [-0.15, -0.1) is 12.4 Å². The summed E-state index contributed by atoms with van der Waals surface area (Å²) in [6.07, 6.45) is 5.02. The van der Waals surface area contributed by atoms with Crippen molar-refractivity contribution in [3.63, 3.8) is 0 Å². The molecule has 1 aliphatic rings. The Labute approximate surface area is 244 Å². The molecular weight excluding hydrogens is 568 g/mol. The molecule has 0 bridgehead atoms. The van der Waals surface area contributed by atoms with Crippen LogP contribution in [0.15, 0.2) is 83.9 Å². The van der Waals surface area contributed by atoms with Gasteiger partial charge in [-0.25, -0.2) is 13.8 Å². The number of pyridine rings is 2. The molecule has 5 aromatic rings. The summed E-state index contributed by atoms with van der Waals surface area (Å²) in [6.45, 7) is 1.69. The van der Waals surface area contributed by atoms with E-state index in [1.807, 2.05) is 0 Å². The summed E-state index contributed by atoms with van der Waals surface area (Å²) in [6, 6.07) is 15.5. The maximum absolute atomic E-state index is 14.9. The highest BCUT2D eigenvalue weighted by molar-refractivity contribution is 6.04. The molecule has 9 nitrogen and oxygen atoms in total. The number of carbonyl (C=O) groups excluding carboxylic acids is 2. The van der Waals surface area contributed by atoms with Crippen LogP contribution in [0.3, 0.4) is 0 Å². The molecule has 42 heavy (non-hydrogen) atoms. The van der Waals surface area contributed by atoms with Crippen LogP contribution in [-0.4, -0.2) is 25.8 Å². The largest absolute Gasteiger partial charge is 0.453 e. The van der Waals surface area contributed by atoms with Gasteiger partial charge in [0.1, 0.15) is 22.8 Å². The van der Waals surface area contributed by atoms with Crippen molar-refractivity contribution in [2.75, 3.05) is 10.6 Å². The normalized spacial score (nSPS) is 12.5. The van der Waals surface area contributed by atoms with Crippen molar-refractivity contribution >= 4 is 41.4 Å². The Morgan fingerprint density at radius 3 is 2.43 bits per heavy atom. The minimum Gasteiger partial charge on any atom is -0.453 e. The average molecular weight is 592 g/mol. The van der Waals surface area contributed by atoms with Crippen LogP contribution in [0.5, 0.6) is 11.5 Å². The SMILES string of the molecule is Cc1ccc(C(=O)Nc2ccc(Oc3ccc4nc(NC(=O)C5CC5)cn4c3)c(F)c2)c(=O)n1-c1ccc(F)cc1.Cl. The van der Waals surface area contributed by atoms with Gasteiger partial charge in [0.05, 0.1) is 12.4 Å². The van der Waals surface area contributed by atoms with Crippen LogP contribution < -0.4 is 20.9 Å². The molecule has 0 aliphatic heterocycles. The van der Waals surface area contributed by atoms with Crippen LogP contribution in [0, 0.1) is 24.5 Å². The molecule has 12 heteroatoms. The molecule has 1 fully saturated rings. The second-order valence-electron chi connectivity index (χ2n) is 9.73. The first-order chi connectivity index (χ1) is 19.7.